The van der Waals surface area contributed by atoms with Crippen molar-refractivity contribution in [1.29, 1.82) is 0 Å². The Labute approximate surface area is 81.9 Å². The van der Waals surface area contributed by atoms with E-state index in [1.807, 2.05) is 6.92 Å². The molecule has 13 heavy (non-hydrogen) atoms. The van der Waals surface area contributed by atoms with Gasteiger partial charge >= 0.3 is 0 Å². The standard InChI is InChI=1S/C4H9NO.C3H6O.C3H8/c1-3-5-4(2)6;1-3(2)4;1-3-2/h3H2,1-2H3,(H,5,6);1-2H3;3H2,1-2H3. The van der Waals surface area contributed by atoms with Crippen LogP contribution in [0, 0.1) is 0 Å². The van der Waals surface area contributed by atoms with E-state index in [-0.39, 0.29) is 11.7 Å². The summed E-state index contributed by atoms with van der Waals surface area (Å²) in [4.78, 5) is 19.4. The van der Waals surface area contributed by atoms with E-state index in [1.165, 1.54) is 27.2 Å². The summed E-state index contributed by atoms with van der Waals surface area (Å²) in [6, 6.07) is 0. The molecular weight excluding hydrogens is 166 g/mol. The van der Waals surface area contributed by atoms with E-state index < -0.39 is 0 Å². The molecule has 0 unspecified atom stereocenters. The van der Waals surface area contributed by atoms with Crippen molar-refractivity contribution in [3.8, 4) is 0 Å². The molecule has 0 saturated heterocycles. The Hall–Kier alpha value is -0.860. The largest absolute Gasteiger partial charge is 0.357 e. The molecule has 1 N–H and O–H groups in total. The summed E-state index contributed by atoms with van der Waals surface area (Å²) >= 11 is 0. The maximum absolute atomic E-state index is 9.93. The summed E-state index contributed by atoms with van der Waals surface area (Å²) < 4.78 is 0. The minimum Gasteiger partial charge on any atom is -0.357 e. The minimum atomic E-state index is 0.0394. The number of carbonyl (C=O) groups excluding carboxylic acids is 2. The maximum atomic E-state index is 9.93. The molecule has 0 bridgehead atoms. The molecule has 0 aliphatic heterocycles. The monoisotopic (exact) mass is 189 g/mol. The lowest BCUT2D eigenvalue weighted by Gasteiger charge is -1.88. The highest BCUT2D eigenvalue weighted by Gasteiger charge is 1.78. The van der Waals surface area contributed by atoms with Gasteiger partial charge in [0.1, 0.15) is 5.78 Å². The number of amides is 1. The van der Waals surface area contributed by atoms with Crippen molar-refractivity contribution in [3.63, 3.8) is 0 Å². The van der Waals surface area contributed by atoms with Gasteiger partial charge in [-0.05, 0) is 20.8 Å². The van der Waals surface area contributed by atoms with Crippen LogP contribution >= 0.6 is 0 Å². The number of nitrogens with one attached hydrogen (secondary N) is 1. The van der Waals surface area contributed by atoms with Gasteiger partial charge in [-0.2, -0.15) is 0 Å². The third kappa shape index (κ3) is 203. The Morgan fingerprint density at radius 3 is 1.23 bits per heavy atom. The van der Waals surface area contributed by atoms with Gasteiger partial charge in [0.05, 0.1) is 0 Å². The predicted molar refractivity (Wildman–Crippen MR) is 56.7 cm³/mol. The van der Waals surface area contributed by atoms with Gasteiger partial charge in [0.15, 0.2) is 0 Å². The highest BCUT2D eigenvalue weighted by molar-refractivity contribution is 5.72. The van der Waals surface area contributed by atoms with Gasteiger partial charge in [-0.15, -0.1) is 0 Å². The van der Waals surface area contributed by atoms with Crippen molar-refractivity contribution in [2.45, 2.75) is 48.0 Å². The fourth-order valence-electron chi connectivity index (χ4n) is 0.249. The van der Waals surface area contributed by atoms with Gasteiger partial charge in [-0.3, -0.25) is 4.79 Å². The van der Waals surface area contributed by atoms with E-state index in [4.69, 9.17) is 0 Å². The molecular formula is C10H23NO2. The smallest absolute Gasteiger partial charge is 0.216 e. The average molecular weight is 189 g/mol. The summed E-state index contributed by atoms with van der Waals surface area (Å²) in [5.74, 6) is 0.206. The number of Topliss-reactive ketones (excluding diaryl/α,β-unsaturated/α-hetero) is 1. The Morgan fingerprint density at radius 1 is 1.00 bits per heavy atom. The zero-order valence-electron chi connectivity index (χ0n) is 9.73. The molecule has 0 heterocycles. The van der Waals surface area contributed by atoms with E-state index in [9.17, 15) is 9.59 Å². The first-order valence-corrected chi connectivity index (χ1v) is 4.63. The highest BCUT2D eigenvalue weighted by Crippen LogP contribution is 1.56. The lowest BCUT2D eigenvalue weighted by molar-refractivity contribution is -0.119. The zero-order valence-corrected chi connectivity index (χ0v) is 9.73. The van der Waals surface area contributed by atoms with E-state index in [0.717, 1.165) is 6.54 Å². The molecule has 0 atom stereocenters. The van der Waals surface area contributed by atoms with Crippen molar-refractivity contribution >= 4 is 11.7 Å². The van der Waals surface area contributed by atoms with Gasteiger partial charge < -0.3 is 10.1 Å². The first kappa shape index (κ1) is 18.0. The van der Waals surface area contributed by atoms with Crippen molar-refractivity contribution < 1.29 is 9.59 Å². The van der Waals surface area contributed by atoms with Gasteiger partial charge in [-0.25, -0.2) is 0 Å². The van der Waals surface area contributed by atoms with E-state index >= 15 is 0 Å². The topological polar surface area (TPSA) is 46.2 Å². The number of carbonyl (C=O) groups is 2. The Bertz CT molecular complexity index is 118. The van der Waals surface area contributed by atoms with Crippen LogP contribution in [0.15, 0.2) is 0 Å². The normalized spacial score (nSPS) is 6.92. The van der Waals surface area contributed by atoms with E-state index in [2.05, 4.69) is 19.2 Å². The second-order valence-electron chi connectivity index (χ2n) is 2.70. The average Bonchev–Trinajstić information content (AvgIpc) is 1.86. The zero-order chi connectivity index (χ0) is 11.3. The number of hydrogen-bond donors (Lipinski definition) is 1. The van der Waals surface area contributed by atoms with Gasteiger partial charge in [0.2, 0.25) is 5.91 Å². The van der Waals surface area contributed by atoms with Crippen LogP contribution in [0.3, 0.4) is 0 Å². The lowest BCUT2D eigenvalue weighted by Crippen LogP contribution is -2.18. The van der Waals surface area contributed by atoms with Crippen LogP contribution in [0.25, 0.3) is 0 Å². The summed E-state index contributed by atoms with van der Waals surface area (Å²) in [5.41, 5.74) is 0. The molecule has 0 aromatic rings. The van der Waals surface area contributed by atoms with Gasteiger partial charge in [0, 0.05) is 13.5 Å². The second kappa shape index (κ2) is 17.3. The third-order valence-corrected chi connectivity index (χ3v) is 0.426. The first-order valence-electron chi connectivity index (χ1n) is 4.63. The van der Waals surface area contributed by atoms with Crippen LogP contribution in [0.5, 0.6) is 0 Å². The lowest BCUT2D eigenvalue weighted by atomic mass is 10.6. The molecule has 0 spiro atoms. The molecule has 0 aromatic heterocycles. The SMILES string of the molecule is CC(C)=O.CCC.CCNC(C)=O. The minimum absolute atomic E-state index is 0.0394. The Balaban J connectivity index is -0.000000125. The molecule has 0 rings (SSSR count). The molecule has 1 amide bonds. The quantitative estimate of drug-likeness (QED) is 0.687. The van der Waals surface area contributed by atoms with Crippen LogP contribution < -0.4 is 5.32 Å². The first-order chi connectivity index (χ1) is 5.92. The summed E-state index contributed by atoms with van der Waals surface area (Å²) in [6.45, 7) is 11.4. The molecule has 3 heteroatoms. The predicted octanol–water partition coefficient (Wildman–Crippen LogP) is 2.15. The summed E-state index contributed by atoms with van der Waals surface area (Å²) in [6.07, 6.45) is 1.25. The van der Waals surface area contributed by atoms with Crippen LogP contribution in [0.4, 0.5) is 0 Å². The Kier molecular flexibility index (Phi) is 24.0. The van der Waals surface area contributed by atoms with Crippen LogP contribution in [0.2, 0.25) is 0 Å². The fraction of sp³-hybridized carbons (Fsp3) is 0.800. The van der Waals surface area contributed by atoms with Crippen LogP contribution in [-0.2, 0) is 9.59 Å². The number of ketones is 1. The van der Waals surface area contributed by atoms with E-state index in [0.29, 0.717) is 0 Å². The third-order valence-electron chi connectivity index (χ3n) is 0.426. The van der Waals surface area contributed by atoms with Gasteiger partial charge in [-0.1, -0.05) is 20.3 Å². The van der Waals surface area contributed by atoms with Crippen molar-refractivity contribution in [2.24, 2.45) is 0 Å². The maximum Gasteiger partial charge on any atom is 0.216 e. The fourth-order valence-corrected chi connectivity index (χ4v) is 0.249. The number of rotatable bonds is 1. The van der Waals surface area contributed by atoms with Gasteiger partial charge in [0.25, 0.3) is 0 Å². The van der Waals surface area contributed by atoms with Crippen molar-refractivity contribution in [3.05, 3.63) is 0 Å². The summed E-state index contributed by atoms with van der Waals surface area (Å²) in [7, 11) is 0. The molecule has 0 aliphatic rings. The second-order valence-corrected chi connectivity index (χ2v) is 2.70. The van der Waals surface area contributed by atoms with Crippen molar-refractivity contribution in [1.82, 2.24) is 5.32 Å². The van der Waals surface area contributed by atoms with E-state index in [1.54, 1.807) is 0 Å². The molecule has 0 aromatic carbocycles. The molecule has 0 saturated carbocycles. The highest BCUT2D eigenvalue weighted by atomic mass is 16.1. The Morgan fingerprint density at radius 2 is 1.23 bits per heavy atom. The molecule has 0 fully saturated rings. The van der Waals surface area contributed by atoms with Crippen LogP contribution in [0.1, 0.15) is 48.0 Å². The van der Waals surface area contributed by atoms with Crippen LogP contribution in [-0.4, -0.2) is 18.2 Å². The molecule has 0 radical (unpaired) electrons. The summed E-state index contributed by atoms with van der Waals surface area (Å²) in [5, 5.41) is 2.57. The van der Waals surface area contributed by atoms with Crippen molar-refractivity contribution in [2.75, 3.05) is 6.54 Å². The molecule has 80 valence electrons. The molecule has 0 aliphatic carbocycles. The molecule has 3 nitrogen and oxygen atoms in total. The number of hydrogen-bond acceptors (Lipinski definition) is 2.